The summed E-state index contributed by atoms with van der Waals surface area (Å²) in [4.78, 5) is 0. The fourth-order valence-electron chi connectivity index (χ4n) is 4.60. The molecule has 3 aromatic rings. The van der Waals surface area contributed by atoms with E-state index >= 15 is 0 Å². The molecular weight excluding hydrogens is 382 g/mol. The molecule has 3 atom stereocenters. The number of benzene rings is 3. The highest BCUT2D eigenvalue weighted by Crippen LogP contribution is 2.52. The van der Waals surface area contributed by atoms with E-state index < -0.39 is 0 Å². The molecule has 3 unspecified atom stereocenters. The number of hydrogen-bond acceptors (Lipinski definition) is 6. The normalized spacial score (nSPS) is 21.6. The smallest absolute Gasteiger partial charge is 0.231 e. The highest BCUT2D eigenvalue weighted by Gasteiger charge is 2.38. The van der Waals surface area contributed by atoms with E-state index in [0.717, 1.165) is 28.1 Å². The molecular formula is C24H23NO5. The number of anilines is 1. The Labute approximate surface area is 174 Å². The fourth-order valence-corrected chi connectivity index (χ4v) is 4.60. The van der Waals surface area contributed by atoms with Crippen LogP contribution in [0.4, 0.5) is 5.69 Å². The van der Waals surface area contributed by atoms with Crippen LogP contribution in [0.5, 0.6) is 28.7 Å². The first kappa shape index (κ1) is 18.5. The van der Waals surface area contributed by atoms with Crippen molar-refractivity contribution < 1.29 is 24.4 Å². The van der Waals surface area contributed by atoms with Crippen molar-refractivity contribution in [3.05, 3.63) is 71.3 Å². The van der Waals surface area contributed by atoms with Gasteiger partial charge in [0.05, 0.1) is 13.2 Å². The summed E-state index contributed by atoms with van der Waals surface area (Å²) in [6.07, 6.45) is 0. The summed E-state index contributed by atoms with van der Waals surface area (Å²) in [5.74, 6) is 2.28. The second kappa shape index (κ2) is 7.06. The SMILES string of the molecule is COc1cc(C2c3cc4c(cc3NC(c3ccccc3O)C2C)OCO4)ccc1O. The topological polar surface area (TPSA) is 80.2 Å². The lowest BCUT2D eigenvalue weighted by molar-refractivity contribution is 0.174. The molecule has 0 aromatic heterocycles. The van der Waals surface area contributed by atoms with Crippen LogP contribution >= 0.6 is 0 Å². The average molecular weight is 405 g/mol. The quantitative estimate of drug-likeness (QED) is 0.583. The maximum absolute atomic E-state index is 10.5. The number of para-hydroxylation sites is 1. The number of aromatic hydroxyl groups is 2. The van der Waals surface area contributed by atoms with Gasteiger partial charge in [0.2, 0.25) is 6.79 Å². The van der Waals surface area contributed by atoms with E-state index in [2.05, 4.69) is 12.2 Å². The maximum atomic E-state index is 10.5. The summed E-state index contributed by atoms with van der Waals surface area (Å²) in [5, 5.41) is 24.2. The van der Waals surface area contributed by atoms with E-state index in [4.69, 9.17) is 14.2 Å². The number of nitrogens with one attached hydrogen (secondary N) is 1. The number of ether oxygens (including phenoxy) is 3. The summed E-state index contributed by atoms with van der Waals surface area (Å²) in [6.45, 7) is 2.36. The van der Waals surface area contributed by atoms with Gasteiger partial charge in [0.25, 0.3) is 0 Å². The molecule has 0 aliphatic carbocycles. The van der Waals surface area contributed by atoms with Crippen molar-refractivity contribution in [1.29, 1.82) is 0 Å². The molecule has 0 fully saturated rings. The highest BCUT2D eigenvalue weighted by molar-refractivity contribution is 5.67. The molecule has 0 saturated heterocycles. The predicted molar refractivity (Wildman–Crippen MR) is 113 cm³/mol. The number of phenolic OH excluding ortho intramolecular Hbond substituents is 2. The van der Waals surface area contributed by atoms with Crippen LogP contribution < -0.4 is 19.5 Å². The van der Waals surface area contributed by atoms with Crippen molar-refractivity contribution in [2.24, 2.45) is 5.92 Å². The van der Waals surface area contributed by atoms with E-state index in [9.17, 15) is 10.2 Å². The number of methoxy groups -OCH3 is 1. The second-order valence-electron chi connectivity index (χ2n) is 7.74. The van der Waals surface area contributed by atoms with E-state index in [1.54, 1.807) is 19.2 Å². The lowest BCUT2D eigenvalue weighted by atomic mass is 9.72. The largest absolute Gasteiger partial charge is 0.508 e. The number of fused-ring (bicyclic) bond motifs is 2. The van der Waals surface area contributed by atoms with Gasteiger partial charge in [0, 0.05) is 23.2 Å². The highest BCUT2D eigenvalue weighted by atomic mass is 16.7. The van der Waals surface area contributed by atoms with E-state index in [1.807, 2.05) is 42.5 Å². The lowest BCUT2D eigenvalue weighted by Crippen LogP contribution is -2.30. The molecule has 154 valence electrons. The molecule has 2 aliphatic rings. The lowest BCUT2D eigenvalue weighted by Gasteiger charge is -2.40. The third kappa shape index (κ3) is 2.87. The molecule has 3 N–H and O–H groups in total. The van der Waals surface area contributed by atoms with Crippen molar-refractivity contribution >= 4 is 5.69 Å². The van der Waals surface area contributed by atoms with Crippen molar-refractivity contribution in [1.82, 2.24) is 0 Å². The molecule has 3 aromatic carbocycles. The van der Waals surface area contributed by atoms with Gasteiger partial charge in [-0.1, -0.05) is 31.2 Å². The monoisotopic (exact) mass is 405 g/mol. The van der Waals surface area contributed by atoms with Crippen LogP contribution in [0.25, 0.3) is 0 Å². The second-order valence-corrected chi connectivity index (χ2v) is 7.74. The van der Waals surface area contributed by atoms with Crippen LogP contribution in [0.15, 0.2) is 54.6 Å². The molecule has 0 radical (unpaired) electrons. The van der Waals surface area contributed by atoms with Crippen LogP contribution in [0.1, 0.15) is 35.6 Å². The Bertz CT molecular complexity index is 1110. The molecule has 0 saturated carbocycles. The molecule has 6 heteroatoms. The van der Waals surface area contributed by atoms with E-state index in [0.29, 0.717) is 11.5 Å². The van der Waals surface area contributed by atoms with Crippen LogP contribution in [0.2, 0.25) is 0 Å². The van der Waals surface area contributed by atoms with Gasteiger partial charge in [-0.25, -0.2) is 0 Å². The van der Waals surface area contributed by atoms with Crippen LogP contribution in [0.3, 0.4) is 0 Å². The number of rotatable bonds is 3. The van der Waals surface area contributed by atoms with Gasteiger partial charge < -0.3 is 29.7 Å². The Hall–Kier alpha value is -3.54. The summed E-state index contributed by atoms with van der Waals surface area (Å²) >= 11 is 0. The Morgan fingerprint density at radius 2 is 1.70 bits per heavy atom. The number of phenols is 2. The van der Waals surface area contributed by atoms with Gasteiger partial charge in [-0.2, -0.15) is 0 Å². The zero-order valence-corrected chi connectivity index (χ0v) is 16.8. The third-order valence-electron chi connectivity index (χ3n) is 6.08. The van der Waals surface area contributed by atoms with Gasteiger partial charge >= 0.3 is 0 Å². The molecule has 30 heavy (non-hydrogen) atoms. The predicted octanol–water partition coefficient (Wildman–Crippen LogP) is 4.77. The number of hydrogen-bond donors (Lipinski definition) is 3. The first-order valence-electron chi connectivity index (χ1n) is 9.91. The Morgan fingerprint density at radius 1 is 0.933 bits per heavy atom. The minimum atomic E-state index is -0.121. The van der Waals surface area contributed by atoms with Gasteiger partial charge in [-0.15, -0.1) is 0 Å². The van der Waals surface area contributed by atoms with Gasteiger partial charge in [-0.3, -0.25) is 0 Å². The van der Waals surface area contributed by atoms with E-state index in [1.165, 1.54) is 0 Å². The zero-order chi connectivity index (χ0) is 20.8. The third-order valence-corrected chi connectivity index (χ3v) is 6.08. The van der Waals surface area contributed by atoms with Gasteiger partial charge in [0.15, 0.2) is 23.0 Å². The summed E-state index contributed by atoms with van der Waals surface area (Å²) < 4.78 is 16.6. The van der Waals surface area contributed by atoms with Crippen molar-refractivity contribution in [3.8, 4) is 28.7 Å². The van der Waals surface area contributed by atoms with Crippen molar-refractivity contribution in [2.45, 2.75) is 18.9 Å². The van der Waals surface area contributed by atoms with Crippen molar-refractivity contribution in [2.75, 3.05) is 19.2 Å². The maximum Gasteiger partial charge on any atom is 0.231 e. The Morgan fingerprint density at radius 3 is 2.47 bits per heavy atom. The van der Waals surface area contributed by atoms with Crippen LogP contribution in [-0.2, 0) is 0 Å². The first-order valence-corrected chi connectivity index (χ1v) is 9.91. The van der Waals surface area contributed by atoms with Gasteiger partial charge in [-0.05, 0) is 41.3 Å². The molecule has 0 amide bonds. The molecule has 2 heterocycles. The minimum absolute atomic E-state index is 0.0187. The van der Waals surface area contributed by atoms with E-state index in [-0.39, 0.29) is 36.2 Å². The molecule has 5 rings (SSSR count). The summed E-state index contributed by atoms with van der Waals surface area (Å²) in [6, 6.07) is 16.7. The Balaban J connectivity index is 1.68. The molecule has 6 nitrogen and oxygen atoms in total. The fraction of sp³-hybridized carbons (Fsp3) is 0.250. The standard InChI is InChI=1S/C24H23NO5/c1-13-23(14-7-8-19(27)20(9-14)28-2)16-10-21-22(30-12-29-21)11-17(16)25-24(13)15-5-3-4-6-18(15)26/h3-11,13,23-27H,12H2,1-2H3. The van der Waals surface area contributed by atoms with Gasteiger partial charge in [0.1, 0.15) is 5.75 Å². The zero-order valence-electron chi connectivity index (χ0n) is 16.8. The Kier molecular flexibility index (Phi) is 4.35. The van der Waals surface area contributed by atoms with Crippen LogP contribution in [-0.4, -0.2) is 24.1 Å². The molecule has 0 bridgehead atoms. The molecule has 0 spiro atoms. The summed E-state index contributed by atoms with van der Waals surface area (Å²) in [5.41, 5.74) is 3.86. The molecule has 2 aliphatic heterocycles. The first-order chi connectivity index (χ1) is 14.6. The average Bonchev–Trinajstić information content (AvgIpc) is 3.20. The minimum Gasteiger partial charge on any atom is -0.508 e. The van der Waals surface area contributed by atoms with Crippen LogP contribution in [0, 0.1) is 5.92 Å². The van der Waals surface area contributed by atoms with Crippen molar-refractivity contribution in [3.63, 3.8) is 0 Å². The summed E-state index contributed by atoms with van der Waals surface area (Å²) in [7, 11) is 1.54.